The van der Waals surface area contributed by atoms with Gasteiger partial charge in [0.15, 0.2) is 0 Å². The molecule has 0 aliphatic heterocycles. The fraction of sp³-hybridized carbons (Fsp3) is 0.250. The third kappa shape index (κ3) is 1.97. The molecule has 0 unspecified atom stereocenters. The maximum absolute atomic E-state index is 4.08. The van der Waals surface area contributed by atoms with Crippen molar-refractivity contribution in [1.29, 1.82) is 0 Å². The molecular formula is C8H10N2. The van der Waals surface area contributed by atoms with Gasteiger partial charge in [-0.2, -0.15) is 0 Å². The summed E-state index contributed by atoms with van der Waals surface area (Å²) in [6, 6.07) is 3.93. The summed E-state index contributed by atoms with van der Waals surface area (Å²) in [5.74, 6) is 0. The summed E-state index contributed by atoms with van der Waals surface area (Å²) in [6.07, 6.45) is 5.39. The Labute approximate surface area is 60.6 Å². The van der Waals surface area contributed by atoms with Gasteiger partial charge in [0.25, 0.3) is 0 Å². The molecule has 0 amide bonds. The van der Waals surface area contributed by atoms with Crippen LogP contribution in [0.15, 0.2) is 29.5 Å². The second kappa shape index (κ2) is 3.77. The van der Waals surface area contributed by atoms with Crippen molar-refractivity contribution < 1.29 is 0 Å². The molecule has 1 aromatic heterocycles. The van der Waals surface area contributed by atoms with Crippen molar-refractivity contribution in [2.24, 2.45) is 4.99 Å². The summed E-state index contributed by atoms with van der Waals surface area (Å²) in [7, 11) is 0. The third-order valence-electron chi connectivity index (χ3n) is 1.18. The molecule has 0 aromatic carbocycles. The van der Waals surface area contributed by atoms with E-state index in [1.807, 2.05) is 25.3 Å². The van der Waals surface area contributed by atoms with Gasteiger partial charge < -0.3 is 0 Å². The van der Waals surface area contributed by atoms with Crippen LogP contribution >= 0.6 is 0 Å². The number of hydrogen-bond donors (Lipinski definition) is 0. The van der Waals surface area contributed by atoms with Crippen molar-refractivity contribution in [2.45, 2.75) is 13.5 Å². The molecule has 0 saturated carbocycles. The van der Waals surface area contributed by atoms with Gasteiger partial charge in [-0.1, -0.05) is 6.07 Å². The van der Waals surface area contributed by atoms with Gasteiger partial charge in [0, 0.05) is 12.4 Å². The van der Waals surface area contributed by atoms with Crippen LogP contribution in [0.4, 0.5) is 0 Å². The summed E-state index contributed by atoms with van der Waals surface area (Å²) >= 11 is 0. The first-order chi connectivity index (χ1) is 4.93. The summed E-state index contributed by atoms with van der Waals surface area (Å²) < 4.78 is 0. The van der Waals surface area contributed by atoms with Crippen molar-refractivity contribution in [3.63, 3.8) is 0 Å². The van der Waals surface area contributed by atoms with E-state index in [1.165, 1.54) is 0 Å². The van der Waals surface area contributed by atoms with Gasteiger partial charge >= 0.3 is 0 Å². The zero-order chi connectivity index (χ0) is 7.23. The monoisotopic (exact) mass is 134 g/mol. The molecule has 10 heavy (non-hydrogen) atoms. The molecular weight excluding hydrogens is 124 g/mol. The Morgan fingerprint density at radius 3 is 3.20 bits per heavy atom. The van der Waals surface area contributed by atoms with E-state index in [9.17, 15) is 0 Å². The third-order valence-corrected chi connectivity index (χ3v) is 1.18. The molecule has 1 rings (SSSR count). The normalized spacial score (nSPS) is 10.5. The van der Waals surface area contributed by atoms with Crippen LogP contribution in [0.2, 0.25) is 0 Å². The van der Waals surface area contributed by atoms with E-state index in [2.05, 4.69) is 9.98 Å². The Hall–Kier alpha value is -1.18. The highest BCUT2D eigenvalue weighted by Gasteiger charge is 1.84. The van der Waals surface area contributed by atoms with E-state index in [0.717, 1.165) is 12.1 Å². The lowest BCUT2D eigenvalue weighted by molar-refractivity contribution is 1.05. The van der Waals surface area contributed by atoms with E-state index >= 15 is 0 Å². The predicted octanol–water partition coefficient (Wildman–Crippen LogP) is 1.67. The van der Waals surface area contributed by atoms with Crippen LogP contribution in [-0.2, 0) is 6.54 Å². The van der Waals surface area contributed by atoms with Crippen molar-refractivity contribution in [1.82, 2.24) is 4.98 Å². The lowest BCUT2D eigenvalue weighted by atomic mass is 10.3. The van der Waals surface area contributed by atoms with Crippen LogP contribution in [0, 0.1) is 0 Å². The van der Waals surface area contributed by atoms with Gasteiger partial charge in [-0.05, 0) is 24.8 Å². The van der Waals surface area contributed by atoms with E-state index in [1.54, 1.807) is 12.4 Å². The van der Waals surface area contributed by atoms with Crippen molar-refractivity contribution in [3.05, 3.63) is 30.1 Å². The smallest absolute Gasteiger partial charge is 0.0650 e. The molecule has 2 heteroatoms. The number of nitrogens with zero attached hydrogens (tertiary/aromatic N) is 2. The summed E-state index contributed by atoms with van der Waals surface area (Å²) in [4.78, 5) is 8.04. The maximum atomic E-state index is 4.08. The standard InChI is InChI=1S/C8H10N2/c1-2-9-6-8-4-3-5-10-7-8/h2-5,7H,6H2,1H3. The molecule has 0 spiro atoms. The Morgan fingerprint density at radius 1 is 1.70 bits per heavy atom. The first kappa shape index (κ1) is 6.93. The lowest BCUT2D eigenvalue weighted by Crippen LogP contribution is -1.81. The fourth-order valence-electron chi connectivity index (χ4n) is 0.688. The zero-order valence-corrected chi connectivity index (χ0v) is 5.99. The van der Waals surface area contributed by atoms with Crippen LogP contribution < -0.4 is 0 Å². The minimum Gasteiger partial charge on any atom is -0.293 e. The van der Waals surface area contributed by atoms with Gasteiger partial charge in [0.2, 0.25) is 0 Å². The quantitative estimate of drug-likeness (QED) is 0.565. The van der Waals surface area contributed by atoms with Crippen molar-refractivity contribution >= 4 is 6.21 Å². The van der Waals surface area contributed by atoms with Gasteiger partial charge in [-0.3, -0.25) is 9.98 Å². The number of aromatic nitrogens is 1. The summed E-state index contributed by atoms with van der Waals surface area (Å²) in [5.41, 5.74) is 1.15. The van der Waals surface area contributed by atoms with E-state index in [0.29, 0.717) is 0 Å². The number of rotatable bonds is 2. The highest BCUT2D eigenvalue weighted by molar-refractivity contribution is 5.53. The highest BCUT2D eigenvalue weighted by atomic mass is 14.7. The van der Waals surface area contributed by atoms with E-state index in [4.69, 9.17) is 0 Å². The molecule has 0 aliphatic rings. The first-order valence-corrected chi connectivity index (χ1v) is 3.27. The van der Waals surface area contributed by atoms with Gasteiger partial charge in [-0.15, -0.1) is 0 Å². The lowest BCUT2D eigenvalue weighted by Gasteiger charge is -1.91. The molecule has 0 radical (unpaired) electrons. The predicted molar refractivity (Wildman–Crippen MR) is 42.1 cm³/mol. The minimum absolute atomic E-state index is 0.740. The maximum Gasteiger partial charge on any atom is 0.0650 e. The number of hydrogen-bond acceptors (Lipinski definition) is 2. The average molecular weight is 134 g/mol. The average Bonchev–Trinajstić information content (AvgIpc) is 2.03. The number of pyridine rings is 1. The molecule has 0 N–H and O–H groups in total. The van der Waals surface area contributed by atoms with Crippen molar-refractivity contribution in [2.75, 3.05) is 0 Å². The number of aliphatic imine (C=N–C) groups is 1. The Kier molecular flexibility index (Phi) is 2.62. The Bertz CT molecular complexity index is 204. The fourth-order valence-corrected chi connectivity index (χ4v) is 0.688. The molecule has 0 aliphatic carbocycles. The van der Waals surface area contributed by atoms with Crippen LogP contribution in [0.5, 0.6) is 0 Å². The molecule has 0 fully saturated rings. The molecule has 1 aromatic rings. The minimum atomic E-state index is 0.740. The van der Waals surface area contributed by atoms with Crippen molar-refractivity contribution in [3.8, 4) is 0 Å². The van der Waals surface area contributed by atoms with Gasteiger partial charge in [0.05, 0.1) is 6.54 Å². The zero-order valence-electron chi connectivity index (χ0n) is 5.99. The van der Waals surface area contributed by atoms with Crippen LogP contribution in [0.3, 0.4) is 0 Å². The SMILES string of the molecule is CC=NCc1cccnc1. The largest absolute Gasteiger partial charge is 0.293 e. The second-order valence-corrected chi connectivity index (χ2v) is 1.96. The summed E-state index contributed by atoms with van der Waals surface area (Å²) in [5, 5.41) is 0. The van der Waals surface area contributed by atoms with E-state index in [-0.39, 0.29) is 0 Å². The second-order valence-electron chi connectivity index (χ2n) is 1.96. The molecule has 2 nitrogen and oxygen atoms in total. The van der Waals surface area contributed by atoms with Gasteiger partial charge in [0.1, 0.15) is 0 Å². The van der Waals surface area contributed by atoms with E-state index < -0.39 is 0 Å². The molecule has 52 valence electrons. The first-order valence-electron chi connectivity index (χ1n) is 3.27. The van der Waals surface area contributed by atoms with Crippen LogP contribution in [0.1, 0.15) is 12.5 Å². The summed E-state index contributed by atoms with van der Waals surface area (Å²) in [6.45, 7) is 2.65. The molecule has 1 heterocycles. The molecule has 0 bridgehead atoms. The highest BCUT2D eigenvalue weighted by Crippen LogP contribution is 1.96. The topological polar surface area (TPSA) is 25.2 Å². The molecule has 0 atom stereocenters. The Morgan fingerprint density at radius 2 is 2.60 bits per heavy atom. The van der Waals surface area contributed by atoms with Crippen LogP contribution in [0.25, 0.3) is 0 Å². The Balaban J connectivity index is 2.59. The van der Waals surface area contributed by atoms with Crippen LogP contribution in [-0.4, -0.2) is 11.2 Å². The molecule has 0 saturated heterocycles. The van der Waals surface area contributed by atoms with Gasteiger partial charge in [-0.25, -0.2) is 0 Å².